The Balaban J connectivity index is 3.24. The van der Waals surface area contributed by atoms with E-state index in [2.05, 4.69) is 20.7 Å². The molecule has 0 spiro atoms. The minimum atomic E-state index is -5.82. The smallest absolute Gasteiger partial charge is 0.434 e. The molecule has 1 aromatic carbocycles. The summed E-state index contributed by atoms with van der Waals surface area (Å²) in [5.74, 6) is -4.70. The molecule has 0 amide bonds. The lowest BCUT2D eigenvalue weighted by atomic mass is 10.2. The van der Waals surface area contributed by atoms with Crippen LogP contribution in [0.15, 0.2) is 16.6 Å². The minimum Gasteiger partial charge on any atom is -0.478 e. The highest BCUT2D eigenvalue weighted by atomic mass is 79.9. The summed E-state index contributed by atoms with van der Waals surface area (Å²) in [6.07, 6.45) is -15.9. The van der Waals surface area contributed by atoms with Gasteiger partial charge in [-0.05, 0) is 28.1 Å². The normalized spacial score (nSPS) is 12.6. The number of hydrogen-bond acceptors (Lipinski definition) is 2. The second kappa shape index (κ2) is 5.70. The van der Waals surface area contributed by atoms with Gasteiger partial charge >= 0.3 is 18.3 Å². The molecule has 118 valence electrons. The number of rotatable bonds is 3. The van der Waals surface area contributed by atoms with E-state index in [4.69, 9.17) is 5.11 Å². The highest BCUT2D eigenvalue weighted by molar-refractivity contribution is 9.10. The fraction of sp³-hybridized carbons (Fsp3) is 0.300. The van der Waals surface area contributed by atoms with Gasteiger partial charge < -0.3 is 9.84 Å². The highest BCUT2D eigenvalue weighted by Gasteiger charge is 2.59. The SMILES string of the molecule is O=C(O)c1ccc(OC(C(F)(F)F)C(F)(F)F)c(F)c1Br. The van der Waals surface area contributed by atoms with Gasteiger partial charge in [0.1, 0.15) is 0 Å². The van der Waals surface area contributed by atoms with Crippen LogP contribution in [-0.2, 0) is 0 Å². The Kier molecular flexibility index (Phi) is 4.76. The van der Waals surface area contributed by atoms with Crippen LogP contribution in [-0.4, -0.2) is 29.5 Å². The fourth-order valence-electron chi connectivity index (χ4n) is 1.23. The molecule has 0 aliphatic rings. The molecule has 0 bridgehead atoms. The topological polar surface area (TPSA) is 46.5 Å². The van der Waals surface area contributed by atoms with Gasteiger partial charge in [0.15, 0.2) is 11.6 Å². The quantitative estimate of drug-likeness (QED) is 0.796. The van der Waals surface area contributed by atoms with Crippen LogP contribution >= 0.6 is 15.9 Å². The zero-order chi connectivity index (χ0) is 16.6. The van der Waals surface area contributed by atoms with Crippen LogP contribution < -0.4 is 4.74 Å². The van der Waals surface area contributed by atoms with Crippen molar-refractivity contribution in [3.05, 3.63) is 28.0 Å². The first-order valence-corrected chi connectivity index (χ1v) is 5.66. The zero-order valence-electron chi connectivity index (χ0n) is 9.52. The maximum atomic E-state index is 13.6. The summed E-state index contributed by atoms with van der Waals surface area (Å²) in [7, 11) is 0. The van der Waals surface area contributed by atoms with Crippen molar-refractivity contribution in [1.82, 2.24) is 0 Å². The molecule has 0 atom stereocenters. The number of hydrogen-bond donors (Lipinski definition) is 1. The van der Waals surface area contributed by atoms with Gasteiger partial charge in [-0.3, -0.25) is 0 Å². The van der Waals surface area contributed by atoms with E-state index in [1.807, 2.05) is 0 Å². The molecule has 0 saturated carbocycles. The third-order valence-electron chi connectivity index (χ3n) is 2.12. The van der Waals surface area contributed by atoms with E-state index in [0.717, 1.165) is 0 Å². The molecule has 0 saturated heterocycles. The molecule has 1 rings (SSSR count). The number of alkyl halides is 6. The molecule has 0 fully saturated rings. The monoisotopic (exact) mass is 384 g/mol. The van der Waals surface area contributed by atoms with Gasteiger partial charge in [-0.1, -0.05) is 0 Å². The molecule has 0 heterocycles. The summed E-state index contributed by atoms with van der Waals surface area (Å²) < 4.78 is 90.0. The lowest BCUT2D eigenvalue weighted by Gasteiger charge is -2.24. The third kappa shape index (κ3) is 3.99. The van der Waals surface area contributed by atoms with Gasteiger partial charge in [-0.25, -0.2) is 9.18 Å². The van der Waals surface area contributed by atoms with Crippen LogP contribution in [0.4, 0.5) is 30.7 Å². The molecule has 21 heavy (non-hydrogen) atoms. The standard InChI is InChI=1S/C10H4BrF7O3/c11-5-3(7(19)20)1-2-4(6(5)12)21-8(9(13,14)15)10(16,17)18/h1-2,8H,(H,19,20). The molecule has 0 aliphatic carbocycles. The molecular weight excluding hydrogens is 381 g/mol. The average molecular weight is 385 g/mol. The predicted molar refractivity (Wildman–Crippen MR) is 57.6 cm³/mol. The highest BCUT2D eigenvalue weighted by Crippen LogP contribution is 2.38. The maximum absolute atomic E-state index is 13.6. The Morgan fingerprint density at radius 1 is 1.14 bits per heavy atom. The van der Waals surface area contributed by atoms with Crippen LogP contribution in [0.5, 0.6) is 5.75 Å². The molecule has 1 aromatic rings. The second-order valence-electron chi connectivity index (χ2n) is 3.63. The van der Waals surface area contributed by atoms with Crippen molar-refractivity contribution in [3.63, 3.8) is 0 Å². The predicted octanol–water partition coefficient (Wildman–Crippen LogP) is 4.16. The summed E-state index contributed by atoms with van der Waals surface area (Å²) in [6, 6.07) is 0.975. The number of benzene rings is 1. The van der Waals surface area contributed by atoms with Crippen LogP contribution in [0.1, 0.15) is 10.4 Å². The van der Waals surface area contributed by atoms with Gasteiger partial charge in [-0.15, -0.1) is 0 Å². The molecule has 1 N–H and O–H groups in total. The number of aromatic carboxylic acids is 1. The van der Waals surface area contributed by atoms with Crippen molar-refractivity contribution in [2.75, 3.05) is 0 Å². The third-order valence-corrected chi connectivity index (χ3v) is 2.89. The lowest BCUT2D eigenvalue weighted by molar-refractivity contribution is -0.300. The molecule has 3 nitrogen and oxygen atoms in total. The van der Waals surface area contributed by atoms with Crippen molar-refractivity contribution in [2.45, 2.75) is 18.5 Å². The average Bonchev–Trinajstić information content (AvgIpc) is 2.27. The Morgan fingerprint density at radius 3 is 2.00 bits per heavy atom. The van der Waals surface area contributed by atoms with Gasteiger partial charge in [0, 0.05) is 0 Å². The molecular formula is C10H4BrF7O3. The van der Waals surface area contributed by atoms with Gasteiger partial charge in [0.25, 0.3) is 6.10 Å². The number of carboxylic acid groups (broad SMARTS) is 1. The number of ether oxygens (including phenoxy) is 1. The van der Waals surface area contributed by atoms with Crippen molar-refractivity contribution in [2.24, 2.45) is 0 Å². The Morgan fingerprint density at radius 2 is 1.62 bits per heavy atom. The van der Waals surface area contributed by atoms with Crippen LogP contribution in [0.25, 0.3) is 0 Å². The fourth-order valence-corrected chi connectivity index (χ4v) is 1.73. The summed E-state index contributed by atoms with van der Waals surface area (Å²) in [5.41, 5.74) is -0.685. The Labute approximate surface area is 120 Å². The molecule has 0 aliphatic heterocycles. The van der Waals surface area contributed by atoms with Crippen LogP contribution in [0.3, 0.4) is 0 Å². The zero-order valence-corrected chi connectivity index (χ0v) is 11.1. The summed E-state index contributed by atoms with van der Waals surface area (Å²) in [5, 5.41) is 8.62. The number of carboxylic acids is 1. The van der Waals surface area contributed by atoms with E-state index in [-0.39, 0.29) is 0 Å². The van der Waals surface area contributed by atoms with Crippen molar-refractivity contribution >= 4 is 21.9 Å². The first kappa shape index (κ1) is 17.5. The molecule has 0 unspecified atom stereocenters. The number of carbonyl (C=O) groups is 1. The van der Waals surface area contributed by atoms with Gasteiger partial charge in [0.2, 0.25) is 0 Å². The lowest BCUT2D eigenvalue weighted by Crippen LogP contribution is -2.46. The van der Waals surface area contributed by atoms with Crippen molar-refractivity contribution in [1.29, 1.82) is 0 Å². The van der Waals surface area contributed by atoms with Gasteiger partial charge in [-0.2, -0.15) is 26.3 Å². The van der Waals surface area contributed by atoms with E-state index in [1.54, 1.807) is 0 Å². The molecule has 11 heteroatoms. The summed E-state index contributed by atoms with van der Waals surface area (Å²) in [6.45, 7) is 0. The van der Waals surface area contributed by atoms with Gasteiger partial charge in [0.05, 0.1) is 10.0 Å². The van der Waals surface area contributed by atoms with Crippen molar-refractivity contribution < 1.29 is 45.4 Å². The number of halogens is 8. The molecule has 0 radical (unpaired) electrons. The van der Waals surface area contributed by atoms with Crippen molar-refractivity contribution in [3.8, 4) is 5.75 Å². The Bertz CT molecular complexity index is 539. The van der Waals surface area contributed by atoms with Crippen LogP contribution in [0, 0.1) is 5.82 Å². The van der Waals surface area contributed by atoms with Crippen LogP contribution in [0.2, 0.25) is 0 Å². The molecule has 0 aromatic heterocycles. The summed E-state index contributed by atoms with van der Waals surface area (Å²) >= 11 is 2.42. The largest absolute Gasteiger partial charge is 0.478 e. The first-order chi connectivity index (χ1) is 9.35. The summed E-state index contributed by atoms with van der Waals surface area (Å²) in [4.78, 5) is 10.6. The van der Waals surface area contributed by atoms with E-state index in [1.165, 1.54) is 0 Å². The van der Waals surface area contributed by atoms with E-state index in [9.17, 15) is 35.5 Å². The first-order valence-electron chi connectivity index (χ1n) is 4.87. The van der Waals surface area contributed by atoms with E-state index in [0.29, 0.717) is 12.1 Å². The minimum absolute atomic E-state index is 0.369. The van der Waals surface area contributed by atoms with E-state index >= 15 is 0 Å². The Hall–Kier alpha value is -1.52. The van der Waals surface area contributed by atoms with E-state index < -0.39 is 46.0 Å². The second-order valence-corrected chi connectivity index (χ2v) is 4.42. The maximum Gasteiger partial charge on any atom is 0.434 e.